The zero-order valence-corrected chi connectivity index (χ0v) is 11.6. The second-order valence-electron chi connectivity index (χ2n) is 3.92. The SMILES string of the molecule is CNc1c(-c2ccc(Br)o2)nc2cc(C#N)ccn12. The molecule has 5 nitrogen and oxygen atoms in total. The number of fused-ring (bicyclic) bond motifs is 1. The molecule has 0 radical (unpaired) electrons. The number of hydrogen-bond donors (Lipinski definition) is 1. The molecule has 1 N–H and O–H groups in total. The lowest BCUT2D eigenvalue weighted by Gasteiger charge is -2.01. The van der Waals surface area contributed by atoms with E-state index in [2.05, 4.69) is 32.3 Å². The molecule has 0 saturated heterocycles. The van der Waals surface area contributed by atoms with Crippen molar-refractivity contribution in [1.82, 2.24) is 9.38 Å². The molecule has 3 aromatic heterocycles. The van der Waals surface area contributed by atoms with Gasteiger partial charge in [0.25, 0.3) is 0 Å². The molecule has 0 aromatic carbocycles. The molecule has 3 heterocycles. The van der Waals surface area contributed by atoms with Crippen molar-refractivity contribution >= 4 is 27.4 Å². The summed E-state index contributed by atoms with van der Waals surface area (Å²) >= 11 is 3.28. The van der Waals surface area contributed by atoms with Crippen LogP contribution in [0, 0.1) is 11.3 Å². The van der Waals surface area contributed by atoms with Crippen LogP contribution >= 0.6 is 15.9 Å². The molecule has 0 aliphatic carbocycles. The molecule has 0 aliphatic rings. The second-order valence-corrected chi connectivity index (χ2v) is 4.70. The predicted octanol–water partition coefficient (Wildman–Crippen LogP) is 3.27. The van der Waals surface area contributed by atoms with Gasteiger partial charge in [-0.25, -0.2) is 4.98 Å². The van der Waals surface area contributed by atoms with Gasteiger partial charge in [-0.15, -0.1) is 0 Å². The van der Waals surface area contributed by atoms with Gasteiger partial charge in [-0.2, -0.15) is 5.26 Å². The van der Waals surface area contributed by atoms with E-state index in [0.717, 1.165) is 5.82 Å². The highest BCUT2D eigenvalue weighted by atomic mass is 79.9. The van der Waals surface area contributed by atoms with Crippen LogP contribution in [-0.4, -0.2) is 16.4 Å². The normalized spacial score (nSPS) is 10.6. The lowest BCUT2D eigenvalue weighted by molar-refractivity contribution is 0.554. The van der Waals surface area contributed by atoms with Gasteiger partial charge in [0.2, 0.25) is 0 Å². The summed E-state index contributed by atoms with van der Waals surface area (Å²) in [6, 6.07) is 9.25. The minimum absolute atomic E-state index is 0.576. The highest BCUT2D eigenvalue weighted by molar-refractivity contribution is 9.10. The van der Waals surface area contributed by atoms with Gasteiger partial charge in [-0.05, 0) is 40.2 Å². The molecule has 0 spiro atoms. The average Bonchev–Trinajstić information content (AvgIpc) is 3.00. The van der Waals surface area contributed by atoms with Gasteiger partial charge >= 0.3 is 0 Å². The van der Waals surface area contributed by atoms with E-state index < -0.39 is 0 Å². The van der Waals surface area contributed by atoms with Crippen LogP contribution in [0.4, 0.5) is 5.82 Å². The first-order valence-corrected chi connectivity index (χ1v) is 6.38. The quantitative estimate of drug-likeness (QED) is 0.788. The van der Waals surface area contributed by atoms with Crippen LogP contribution in [-0.2, 0) is 0 Å². The van der Waals surface area contributed by atoms with Gasteiger partial charge in [0.15, 0.2) is 10.4 Å². The fraction of sp³-hybridized carbons (Fsp3) is 0.0769. The van der Waals surface area contributed by atoms with E-state index in [4.69, 9.17) is 9.68 Å². The third-order valence-corrected chi connectivity index (χ3v) is 3.22. The second kappa shape index (κ2) is 4.44. The number of halogens is 1. The number of aromatic nitrogens is 2. The molecule has 0 unspecified atom stereocenters. The smallest absolute Gasteiger partial charge is 0.169 e. The molecule has 0 atom stereocenters. The Hall–Kier alpha value is -2.26. The van der Waals surface area contributed by atoms with Gasteiger partial charge in [0.05, 0.1) is 11.6 Å². The highest BCUT2D eigenvalue weighted by Crippen LogP contribution is 2.31. The Bertz CT molecular complexity index is 797. The number of nitriles is 1. The third kappa shape index (κ3) is 1.88. The fourth-order valence-electron chi connectivity index (χ4n) is 1.97. The summed E-state index contributed by atoms with van der Waals surface area (Å²) in [7, 11) is 1.82. The molecule has 6 heteroatoms. The molecule has 0 amide bonds. The van der Waals surface area contributed by atoms with Crippen LogP contribution in [0.5, 0.6) is 0 Å². The van der Waals surface area contributed by atoms with Crippen molar-refractivity contribution in [2.75, 3.05) is 12.4 Å². The molecule has 0 aliphatic heterocycles. The van der Waals surface area contributed by atoms with Gasteiger partial charge < -0.3 is 9.73 Å². The van der Waals surface area contributed by atoms with E-state index in [0.29, 0.717) is 27.3 Å². The van der Waals surface area contributed by atoms with Crippen molar-refractivity contribution in [3.63, 3.8) is 0 Å². The van der Waals surface area contributed by atoms with Crippen LogP contribution in [0.15, 0.2) is 39.5 Å². The molecule has 19 heavy (non-hydrogen) atoms. The zero-order valence-electron chi connectivity index (χ0n) is 10.0. The summed E-state index contributed by atoms with van der Waals surface area (Å²) in [6.07, 6.45) is 1.81. The van der Waals surface area contributed by atoms with E-state index in [1.807, 2.05) is 29.8 Å². The first-order chi connectivity index (χ1) is 9.22. The maximum atomic E-state index is 8.92. The van der Waals surface area contributed by atoms with E-state index >= 15 is 0 Å². The molecule has 3 aromatic rings. The molecule has 3 rings (SSSR count). The number of anilines is 1. The largest absolute Gasteiger partial charge is 0.448 e. The minimum Gasteiger partial charge on any atom is -0.448 e. The molecule has 0 fully saturated rings. The summed E-state index contributed by atoms with van der Waals surface area (Å²) in [6.45, 7) is 0. The number of nitrogens with one attached hydrogen (secondary N) is 1. The molecule has 94 valence electrons. The standard InChI is InChI=1S/C13H9BrN4O/c1-16-13-12(9-2-3-10(14)19-9)17-11-6-8(7-15)4-5-18(11)13/h2-6,16H,1H3. The maximum Gasteiger partial charge on any atom is 0.169 e. The summed E-state index contributed by atoms with van der Waals surface area (Å²) in [5, 5.41) is 12.0. The lowest BCUT2D eigenvalue weighted by atomic mass is 10.3. The van der Waals surface area contributed by atoms with Crippen LogP contribution in [0.2, 0.25) is 0 Å². The minimum atomic E-state index is 0.576. The summed E-state index contributed by atoms with van der Waals surface area (Å²) in [5.74, 6) is 1.49. The van der Waals surface area contributed by atoms with Crippen molar-refractivity contribution in [2.24, 2.45) is 0 Å². The average molecular weight is 317 g/mol. The first kappa shape index (κ1) is 11.8. The Balaban J connectivity index is 2.27. The Morgan fingerprint density at radius 2 is 2.26 bits per heavy atom. The molecular formula is C13H9BrN4O. The van der Waals surface area contributed by atoms with Crippen molar-refractivity contribution in [2.45, 2.75) is 0 Å². The number of imidazole rings is 1. The number of hydrogen-bond acceptors (Lipinski definition) is 4. The van der Waals surface area contributed by atoms with Crippen molar-refractivity contribution in [3.05, 3.63) is 40.7 Å². The Kier molecular flexibility index (Phi) is 2.76. The number of pyridine rings is 1. The summed E-state index contributed by atoms with van der Waals surface area (Å²) < 4.78 is 8.07. The van der Waals surface area contributed by atoms with Crippen molar-refractivity contribution in [3.8, 4) is 17.5 Å². The summed E-state index contributed by atoms with van der Waals surface area (Å²) in [5.41, 5.74) is 1.99. The van der Waals surface area contributed by atoms with Crippen LogP contribution in [0.1, 0.15) is 5.56 Å². The van der Waals surface area contributed by atoms with E-state index in [1.54, 1.807) is 12.1 Å². The molecular weight excluding hydrogens is 308 g/mol. The van der Waals surface area contributed by atoms with E-state index in [1.165, 1.54) is 0 Å². The Labute approximate surface area is 117 Å². The fourth-order valence-corrected chi connectivity index (χ4v) is 2.27. The third-order valence-electron chi connectivity index (χ3n) is 2.80. The zero-order chi connectivity index (χ0) is 13.4. The maximum absolute atomic E-state index is 8.92. The molecule has 0 bridgehead atoms. The van der Waals surface area contributed by atoms with Gasteiger partial charge in [0, 0.05) is 13.2 Å². The van der Waals surface area contributed by atoms with E-state index in [9.17, 15) is 0 Å². The monoisotopic (exact) mass is 316 g/mol. The number of nitrogens with zero attached hydrogens (tertiary/aromatic N) is 3. The van der Waals surface area contributed by atoms with Gasteiger partial charge in [0.1, 0.15) is 17.2 Å². The van der Waals surface area contributed by atoms with Crippen LogP contribution in [0.25, 0.3) is 17.1 Å². The topological polar surface area (TPSA) is 66.3 Å². The molecule has 0 saturated carbocycles. The van der Waals surface area contributed by atoms with Crippen molar-refractivity contribution in [1.29, 1.82) is 5.26 Å². The Morgan fingerprint density at radius 1 is 1.42 bits per heavy atom. The van der Waals surface area contributed by atoms with Crippen LogP contribution < -0.4 is 5.32 Å². The summed E-state index contributed by atoms with van der Waals surface area (Å²) in [4.78, 5) is 4.51. The van der Waals surface area contributed by atoms with E-state index in [-0.39, 0.29) is 0 Å². The van der Waals surface area contributed by atoms with Gasteiger partial charge in [-0.3, -0.25) is 4.40 Å². The van der Waals surface area contributed by atoms with Gasteiger partial charge in [-0.1, -0.05) is 0 Å². The van der Waals surface area contributed by atoms with Crippen molar-refractivity contribution < 1.29 is 4.42 Å². The highest BCUT2D eigenvalue weighted by Gasteiger charge is 2.16. The number of rotatable bonds is 2. The Morgan fingerprint density at radius 3 is 2.89 bits per heavy atom. The number of furan rings is 1. The first-order valence-electron chi connectivity index (χ1n) is 5.58. The van der Waals surface area contributed by atoms with Crippen LogP contribution in [0.3, 0.4) is 0 Å². The lowest BCUT2D eigenvalue weighted by Crippen LogP contribution is -1.95. The predicted molar refractivity (Wildman–Crippen MR) is 74.9 cm³/mol.